The predicted octanol–water partition coefficient (Wildman–Crippen LogP) is 1.12. The molecule has 10 nitrogen and oxygen atoms in total. The van der Waals surface area contributed by atoms with Gasteiger partial charge >= 0.3 is 0 Å². The number of phenolic OH excluding ortho intramolecular Hbond substituents is 1. The molecule has 0 bridgehead atoms. The van der Waals surface area contributed by atoms with Gasteiger partial charge in [-0.05, 0) is 23.9 Å². The highest BCUT2D eigenvalue weighted by Crippen LogP contribution is 2.52. The lowest BCUT2D eigenvalue weighted by Crippen LogP contribution is -2.57. The highest BCUT2D eigenvalue weighted by Gasteiger charge is 2.59. The van der Waals surface area contributed by atoms with Crippen molar-refractivity contribution in [3.63, 3.8) is 0 Å². The molecule has 0 heterocycles. The maximum atomic E-state index is 14.5. The van der Waals surface area contributed by atoms with Crippen molar-refractivity contribution in [2.45, 2.75) is 24.9 Å². The first kappa shape index (κ1) is 19.7. The van der Waals surface area contributed by atoms with Crippen LogP contribution in [0.4, 0.5) is 10.1 Å². The minimum atomic E-state index is -2.70. The van der Waals surface area contributed by atoms with Crippen molar-refractivity contribution >= 4 is 23.2 Å². The van der Waals surface area contributed by atoms with Crippen LogP contribution in [-0.4, -0.2) is 43.5 Å². The summed E-state index contributed by atoms with van der Waals surface area (Å²) in [6.07, 6.45) is -0.680. The summed E-state index contributed by atoms with van der Waals surface area (Å²) in [5.74, 6) is -9.26. The number of aromatic hydroxyl groups is 1. The standard InChI is InChI=1S/C19H15FN2O8/c20-8-4-9(22-30)14(24)12-7(8)2-5-1-6-3-10(23)13(18(21)28)17(27)19(6,29)16(26)11(5)15(12)25/h4-6,23-24,26,29H,1-3H2,(H2,21,28)/t5?,6-,19-/m0/s1. The number of nitrogens with two attached hydrogens (primary N) is 1. The average molecular weight is 418 g/mol. The molecule has 1 amide bonds. The number of Topliss-reactive ketones (excluding diaryl/α,β-unsaturated/α-hetero) is 2. The van der Waals surface area contributed by atoms with Crippen LogP contribution in [0.3, 0.4) is 0 Å². The second kappa shape index (κ2) is 6.20. The van der Waals surface area contributed by atoms with E-state index in [1.165, 1.54) is 0 Å². The van der Waals surface area contributed by atoms with Crippen LogP contribution in [0.15, 0.2) is 33.9 Å². The molecule has 30 heavy (non-hydrogen) atoms. The Bertz CT molecular complexity index is 1140. The maximum absolute atomic E-state index is 14.5. The molecule has 0 fully saturated rings. The van der Waals surface area contributed by atoms with Gasteiger partial charge in [0.2, 0.25) is 5.78 Å². The minimum absolute atomic E-state index is 0.114. The van der Waals surface area contributed by atoms with E-state index in [-0.39, 0.29) is 24.8 Å². The van der Waals surface area contributed by atoms with Gasteiger partial charge < -0.3 is 26.2 Å². The number of ketones is 2. The number of nitroso groups, excluding NO2 is 1. The molecule has 1 unspecified atom stereocenters. The van der Waals surface area contributed by atoms with Crippen LogP contribution in [0.2, 0.25) is 0 Å². The average Bonchev–Trinajstić information content (AvgIpc) is 2.67. The number of aliphatic hydroxyl groups is 3. The van der Waals surface area contributed by atoms with Gasteiger partial charge in [0.1, 0.15) is 22.9 Å². The molecular weight excluding hydrogens is 403 g/mol. The summed E-state index contributed by atoms with van der Waals surface area (Å²) < 4.78 is 14.5. The molecule has 0 aromatic heterocycles. The second-order valence-corrected chi connectivity index (χ2v) is 7.58. The fourth-order valence-electron chi connectivity index (χ4n) is 4.70. The Hall–Kier alpha value is -3.60. The van der Waals surface area contributed by atoms with Gasteiger partial charge in [0, 0.05) is 29.5 Å². The Morgan fingerprint density at radius 1 is 1.23 bits per heavy atom. The molecular formula is C19H15FN2O8. The van der Waals surface area contributed by atoms with Crippen molar-refractivity contribution < 1.29 is 39.2 Å². The van der Waals surface area contributed by atoms with E-state index in [1.54, 1.807) is 0 Å². The van der Waals surface area contributed by atoms with Gasteiger partial charge in [0.05, 0.1) is 5.56 Å². The number of nitrogens with zero attached hydrogens (tertiary/aromatic N) is 1. The van der Waals surface area contributed by atoms with Crippen molar-refractivity contribution in [1.29, 1.82) is 0 Å². The zero-order chi connectivity index (χ0) is 22.1. The third kappa shape index (κ3) is 2.29. The van der Waals surface area contributed by atoms with Gasteiger partial charge in [-0.25, -0.2) is 4.39 Å². The van der Waals surface area contributed by atoms with E-state index < -0.39 is 80.4 Å². The van der Waals surface area contributed by atoms with Crippen molar-refractivity contribution in [3.05, 3.63) is 50.6 Å². The van der Waals surface area contributed by atoms with Crippen molar-refractivity contribution in [1.82, 2.24) is 0 Å². The summed E-state index contributed by atoms with van der Waals surface area (Å²) in [6, 6.07) is 0.681. The minimum Gasteiger partial charge on any atom is -0.511 e. The Labute approximate surface area is 167 Å². The first-order chi connectivity index (χ1) is 14.0. The number of hydrogen-bond acceptors (Lipinski definition) is 9. The number of carbonyl (C=O) groups excluding carboxylic acids is 3. The highest BCUT2D eigenvalue weighted by atomic mass is 19.1. The number of primary amides is 1. The van der Waals surface area contributed by atoms with E-state index in [9.17, 15) is 44.1 Å². The fraction of sp³-hybridized carbons (Fsp3) is 0.316. The van der Waals surface area contributed by atoms with E-state index >= 15 is 0 Å². The van der Waals surface area contributed by atoms with Crippen molar-refractivity contribution in [3.8, 4) is 5.75 Å². The zero-order valence-corrected chi connectivity index (χ0v) is 15.2. The molecule has 156 valence electrons. The number of fused-ring (bicyclic) bond motifs is 3. The van der Waals surface area contributed by atoms with E-state index in [4.69, 9.17) is 5.73 Å². The van der Waals surface area contributed by atoms with Gasteiger partial charge in [0.15, 0.2) is 22.8 Å². The smallest absolute Gasteiger partial charge is 0.255 e. The Morgan fingerprint density at radius 2 is 1.90 bits per heavy atom. The van der Waals surface area contributed by atoms with E-state index in [2.05, 4.69) is 5.18 Å². The lowest BCUT2D eigenvalue weighted by molar-refractivity contribution is -0.144. The molecule has 3 atom stereocenters. The maximum Gasteiger partial charge on any atom is 0.255 e. The summed E-state index contributed by atoms with van der Waals surface area (Å²) in [4.78, 5) is 48.2. The lowest BCUT2D eigenvalue weighted by Gasteiger charge is -2.45. The van der Waals surface area contributed by atoms with Crippen LogP contribution >= 0.6 is 0 Å². The largest absolute Gasteiger partial charge is 0.511 e. The number of aliphatic hydroxyl groups excluding tert-OH is 2. The van der Waals surface area contributed by atoms with Crippen LogP contribution in [-0.2, 0) is 16.0 Å². The summed E-state index contributed by atoms with van der Waals surface area (Å²) in [5.41, 5.74) is -0.452. The summed E-state index contributed by atoms with van der Waals surface area (Å²) in [6.45, 7) is 0. The number of rotatable bonds is 2. The summed E-state index contributed by atoms with van der Waals surface area (Å²) in [5, 5.41) is 44.5. The molecule has 0 aliphatic heterocycles. The summed E-state index contributed by atoms with van der Waals surface area (Å²) in [7, 11) is 0. The normalized spacial score (nSPS) is 28.1. The zero-order valence-electron chi connectivity index (χ0n) is 15.2. The topological polar surface area (TPSA) is 188 Å². The van der Waals surface area contributed by atoms with Crippen LogP contribution in [0.5, 0.6) is 5.75 Å². The van der Waals surface area contributed by atoms with Crippen molar-refractivity contribution in [2.75, 3.05) is 0 Å². The first-order valence-corrected chi connectivity index (χ1v) is 8.89. The molecule has 0 spiro atoms. The van der Waals surface area contributed by atoms with Gasteiger partial charge in [0.25, 0.3) is 5.91 Å². The number of phenols is 1. The van der Waals surface area contributed by atoms with E-state index in [0.717, 1.165) is 0 Å². The fourth-order valence-corrected chi connectivity index (χ4v) is 4.70. The quantitative estimate of drug-likeness (QED) is 0.349. The van der Waals surface area contributed by atoms with Crippen LogP contribution in [0.1, 0.15) is 28.8 Å². The molecule has 11 heteroatoms. The third-order valence-corrected chi connectivity index (χ3v) is 6.09. The van der Waals surface area contributed by atoms with Gasteiger partial charge in [-0.15, -0.1) is 4.91 Å². The Balaban J connectivity index is 1.94. The van der Waals surface area contributed by atoms with Gasteiger partial charge in [-0.3, -0.25) is 14.4 Å². The monoisotopic (exact) mass is 418 g/mol. The Morgan fingerprint density at radius 3 is 2.50 bits per heavy atom. The second-order valence-electron chi connectivity index (χ2n) is 7.58. The molecule has 1 aromatic rings. The third-order valence-electron chi connectivity index (χ3n) is 6.09. The number of amides is 1. The summed E-state index contributed by atoms with van der Waals surface area (Å²) >= 11 is 0. The molecule has 3 aliphatic carbocycles. The van der Waals surface area contributed by atoms with Gasteiger partial charge in [-0.2, -0.15) is 0 Å². The number of allylic oxidation sites excluding steroid dienone is 2. The molecule has 0 radical (unpaired) electrons. The van der Waals surface area contributed by atoms with Crippen LogP contribution in [0, 0.1) is 22.6 Å². The van der Waals surface area contributed by atoms with E-state index in [0.29, 0.717) is 6.07 Å². The Kier molecular flexibility index (Phi) is 4.07. The molecule has 4 rings (SSSR count). The number of hydrogen-bond donors (Lipinski definition) is 5. The first-order valence-electron chi connectivity index (χ1n) is 8.89. The highest BCUT2D eigenvalue weighted by molar-refractivity contribution is 6.24. The molecule has 3 aliphatic rings. The SMILES string of the molecule is NC(=O)C1=C(O)C[C@@H]2CC3Cc4c(F)cc(N=O)c(O)c4C(=O)C3=C(O)[C@]2(O)C1=O. The van der Waals surface area contributed by atoms with Crippen molar-refractivity contribution in [2.24, 2.45) is 22.7 Å². The number of carbonyl (C=O) groups is 3. The number of halogens is 1. The molecule has 0 saturated heterocycles. The number of benzene rings is 1. The molecule has 0 saturated carbocycles. The van der Waals surface area contributed by atoms with E-state index in [1.807, 2.05) is 0 Å². The van der Waals surface area contributed by atoms with Crippen LogP contribution < -0.4 is 5.73 Å². The molecule has 1 aromatic carbocycles. The van der Waals surface area contributed by atoms with Crippen LogP contribution in [0.25, 0.3) is 0 Å². The van der Waals surface area contributed by atoms with Gasteiger partial charge in [-0.1, -0.05) is 0 Å². The lowest BCUT2D eigenvalue weighted by atomic mass is 9.60. The molecule has 6 N–H and O–H groups in total. The predicted molar refractivity (Wildman–Crippen MR) is 96.2 cm³/mol.